The predicted molar refractivity (Wildman–Crippen MR) is 69.0 cm³/mol. The zero-order valence-corrected chi connectivity index (χ0v) is 11.4. The third-order valence-corrected chi connectivity index (χ3v) is 3.92. The molecule has 2 amide bonds. The highest BCUT2D eigenvalue weighted by molar-refractivity contribution is 7.09. The van der Waals surface area contributed by atoms with Crippen LogP contribution in [0.1, 0.15) is 31.7 Å². The number of hydrogen-bond acceptors (Lipinski definition) is 4. The highest BCUT2D eigenvalue weighted by atomic mass is 32.1. The molecule has 1 fully saturated rings. The monoisotopic (exact) mass is 267 g/mol. The molecule has 2 heterocycles. The quantitative estimate of drug-likeness (QED) is 0.890. The number of amides is 2. The Balaban J connectivity index is 2.20. The van der Waals surface area contributed by atoms with E-state index >= 15 is 0 Å². The van der Waals surface area contributed by atoms with Crippen molar-refractivity contribution in [3.63, 3.8) is 0 Å². The first-order chi connectivity index (χ1) is 8.67. The SMILES string of the molecule is CCC1NC(=O)C(CC)N(Cc2nccs2)C1=O. The minimum atomic E-state index is -0.389. The fourth-order valence-corrected chi connectivity index (χ4v) is 2.79. The van der Waals surface area contributed by atoms with Crippen LogP contribution in [0.2, 0.25) is 0 Å². The molecule has 6 heteroatoms. The molecular weight excluding hydrogens is 250 g/mol. The number of thiazole rings is 1. The van der Waals surface area contributed by atoms with Crippen molar-refractivity contribution in [1.82, 2.24) is 15.2 Å². The number of hydrogen-bond donors (Lipinski definition) is 1. The molecule has 0 spiro atoms. The Morgan fingerprint density at radius 2 is 2.17 bits per heavy atom. The summed E-state index contributed by atoms with van der Waals surface area (Å²) >= 11 is 1.50. The van der Waals surface area contributed by atoms with Crippen LogP contribution in [0.25, 0.3) is 0 Å². The van der Waals surface area contributed by atoms with E-state index in [1.54, 1.807) is 11.1 Å². The van der Waals surface area contributed by atoms with Crippen molar-refractivity contribution in [3.05, 3.63) is 16.6 Å². The lowest BCUT2D eigenvalue weighted by molar-refractivity contribution is -0.150. The Kier molecular flexibility index (Phi) is 3.96. The van der Waals surface area contributed by atoms with Crippen molar-refractivity contribution in [2.45, 2.75) is 45.3 Å². The molecule has 0 saturated carbocycles. The van der Waals surface area contributed by atoms with E-state index in [9.17, 15) is 9.59 Å². The van der Waals surface area contributed by atoms with Gasteiger partial charge in [-0.05, 0) is 12.8 Å². The molecule has 0 radical (unpaired) electrons. The molecule has 2 atom stereocenters. The van der Waals surface area contributed by atoms with E-state index in [4.69, 9.17) is 0 Å². The average molecular weight is 267 g/mol. The van der Waals surface area contributed by atoms with E-state index in [-0.39, 0.29) is 23.9 Å². The highest BCUT2D eigenvalue weighted by Crippen LogP contribution is 2.19. The Labute approximate surface area is 110 Å². The van der Waals surface area contributed by atoms with Gasteiger partial charge in [0.25, 0.3) is 0 Å². The van der Waals surface area contributed by atoms with Gasteiger partial charge in [0, 0.05) is 11.6 Å². The first-order valence-corrected chi connectivity index (χ1v) is 7.04. The van der Waals surface area contributed by atoms with Crippen molar-refractivity contribution >= 4 is 23.2 Å². The third-order valence-electron chi connectivity index (χ3n) is 3.16. The predicted octanol–water partition coefficient (Wildman–Crippen LogP) is 1.16. The van der Waals surface area contributed by atoms with Crippen LogP contribution in [0, 0.1) is 0 Å². The van der Waals surface area contributed by atoms with Crippen molar-refractivity contribution in [2.24, 2.45) is 0 Å². The van der Waals surface area contributed by atoms with Crippen molar-refractivity contribution in [3.8, 4) is 0 Å². The molecule has 1 aromatic heterocycles. The standard InChI is InChI=1S/C12H17N3O2S/c1-3-8-12(17)15(7-10-13-5-6-18-10)9(4-2)11(16)14-8/h5-6,8-9H,3-4,7H2,1-2H3,(H,14,16). The Morgan fingerprint density at radius 1 is 1.39 bits per heavy atom. The zero-order chi connectivity index (χ0) is 13.1. The van der Waals surface area contributed by atoms with Crippen molar-refractivity contribution in [1.29, 1.82) is 0 Å². The van der Waals surface area contributed by atoms with E-state index < -0.39 is 0 Å². The van der Waals surface area contributed by atoms with Gasteiger partial charge in [0.2, 0.25) is 11.8 Å². The molecular formula is C12H17N3O2S. The molecule has 2 rings (SSSR count). The molecule has 1 saturated heterocycles. The summed E-state index contributed by atoms with van der Waals surface area (Å²) in [5, 5.41) is 5.52. The van der Waals surface area contributed by atoms with Crippen LogP contribution in [0.4, 0.5) is 0 Å². The van der Waals surface area contributed by atoms with Crippen LogP contribution in [0.3, 0.4) is 0 Å². The molecule has 1 aliphatic heterocycles. The van der Waals surface area contributed by atoms with E-state index in [2.05, 4.69) is 10.3 Å². The number of carbonyl (C=O) groups is 2. The second kappa shape index (κ2) is 5.48. The molecule has 1 N–H and O–H groups in total. The zero-order valence-electron chi connectivity index (χ0n) is 10.5. The van der Waals surface area contributed by atoms with Gasteiger partial charge < -0.3 is 10.2 Å². The van der Waals surface area contributed by atoms with Crippen molar-refractivity contribution < 1.29 is 9.59 Å². The topological polar surface area (TPSA) is 62.3 Å². The van der Waals surface area contributed by atoms with Gasteiger partial charge in [0.1, 0.15) is 17.1 Å². The molecule has 0 aliphatic carbocycles. The Hall–Kier alpha value is -1.43. The molecule has 1 aromatic rings. The van der Waals surface area contributed by atoms with Gasteiger partial charge in [0.15, 0.2) is 0 Å². The summed E-state index contributed by atoms with van der Waals surface area (Å²) in [6, 6.07) is -0.760. The molecule has 2 unspecified atom stereocenters. The van der Waals surface area contributed by atoms with Crippen LogP contribution in [-0.2, 0) is 16.1 Å². The van der Waals surface area contributed by atoms with E-state index in [1.165, 1.54) is 11.3 Å². The Morgan fingerprint density at radius 3 is 2.72 bits per heavy atom. The van der Waals surface area contributed by atoms with Gasteiger partial charge in [0.05, 0.1) is 6.54 Å². The normalized spacial score (nSPS) is 24.2. The number of rotatable bonds is 4. The molecule has 1 aliphatic rings. The summed E-state index contributed by atoms with van der Waals surface area (Å²) in [4.78, 5) is 30.1. The van der Waals surface area contributed by atoms with E-state index in [0.29, 0.717) is 19.4 Å². The van der Waals surface area contributed by atoms with Gasteiger partial charge in [-0.25, -0.2) is 4.98 Å². The van der Waals surface area contributed by atoms with Crippen LogP contribution in [0.15, 0.2) is 11.6 Å². The number of nitrogens with one attached hydrogen (secondary N) is 1. The van der Waals surface area contributed by atoms with Crippen LogP contribution < -0.4 is 5.32 Å². The first-order valence-electron chi connectivity index (χ1n) is 6.16. The minimum Gasteiger partial charge on any atom is -0.343 e. The average Bonchev–Trinajstić information content (AvgIpc) is 2.86. The summed E-state index contributed by atoms with van der Waals surface area (Å²) in [7, 11) is 0. The molecule has 5 nitrogen and oxygen atoms in total. The number of piperazine rings is 1. The fourth-order valence-electron chi connectivity index (χ4n) is 2.17. The summed E-state index contributed by atoms with van der Waals surface area (Å²) in [5.41, 5.74) is 0. The number of nitrogens with zero attached hydrogens (tertiary/aromatic N) is 2. The van der Waals surface area contributed by atoms with E-state index in [0.717, 1.165) is 5.01 Å². The van der Waals surface area contributed by atoms with Gasteiger partial charge in [-0.3, -0.25) is 9.59 Å². The number of aromatic nitrogens is 1. The highest BCUT2D eigenvalue weighted by Gasteiger charge is 2.38. The molecule has 0 aromatic carbocycles. The third kappa shape index (κ3) is 2.38. The summed E-state index contributed by atoms with van der Waals surface area (Å²) in [6.45, 7) is 4.24. The minimum absolute atomic E-state index is 0.000787. The maximum absolute atomic E-state index is 12.3. The van der Waals surface area contributed by atoms with Crippen LogP contribution in [-0.4, -0.2) is 33.8 Å². The smallest absolute Gasteiger partial charge is 0.246 e. The van der Waals surface area contributed by atoms with Gasteiger partial charge in [-0.2, -0.15) is 0 Å². The summed E-state index contributed by atoms with van der Waals surface area (Å²) in [6.07, 6.45) is 2.96. The lowest BCUT2D eigenvalue weighted by Gasteiger charge is -2.37. The van der Waals surface area contributed by atoms with Gasteiger partial charge in [-0.1, -0.05) is 13.8 Å². The van der Waals surface area contributed by atoms with Gasteiger partial charge in [-0.15, -0.1) is 11.3 Å². The molecule has 0 bridgehead atoms. The lowest BCUT2D eigenvalue weighted by atomic mass is 10.0. The fraction of sp³-hybridized carbons (Fsp3) is 0.583. The van der Waals surface area contributed by atoms with Crippen LogP contribution >= 0.6 is 11.3 Å². The van der Waals surface area contributed by atoms with E-state index in [1.807, 2.05) is 19.2 Å². The molecule has 98 valence electrons. The summed E-state index contributed by atoms with van der Waals surface area (Å²) < 4.78 is 0. The largest absolute Gasteiger partial charge is 0.343 e. The maximum atomic E-state index is 12.3. The van der Waals surface area contributed by atoms with Gasteiger partial charge >= 0.3 is 0 Å². The Bertz CT molecular complexity index is 433. The lowest BCUT2D eigenvalue weighted by Crippen LogP contribution is -2.62. The molecule has 18 heavy (non-hydrogen) atoms. The maximum Gasteiger partial charge on any atom is 0.246 e. The van der Waals surface area contributed by atoms with Crippen LogP contribution in [0.5, 0.6) is 0 Å². The van der Waals surface area contributed by atoms with Crippen molar-refractivity contribution in [2.75, 3.05) is 0 Å². The second-order valence-electron chi connectivity index (χ2n) is 4.29. The second-order valence-corrected chi connectivity index (χ2v) is 5.26. The summed E-state index contributed by atoms with van der Waals surface area (Å²) in [5.74, 6) is -0.0559. The first kappa shape index (κ1) is 13.0. The number of carbonyl (C=O) groups excluding carboxylic acids is 2.